The van der Waals surface area contributed by atoms with Crippen LogP contribution in [-0.2, 0) is 11.3 Å². The van der Waals surface area contributed by atoms with Crippen LogP contribution in [0.3, 0.4) is 0 Å². The van der Waals surface area contributed by atoms with Crippen molar-refractivity contribution in [2.24, 2.45) is 0 Å². The van der Waals surface area contributed by atoms with E-state index in [0.29, 0.717) is 36.7 Å². The highest BCUT2D eigenvalue weighted by molar-refractivity contribution is 6.09. The highest BCUT2D eigenvalue weighted by Crippen LogP contribution is 2.35. The molecule has 140 valence electrons. The molecule has 0 bridgehead atoms. The van der Waals surface area contributed by atoms with Gasteiger partial charge in [0, 0.05) is 36.6 Å². The monoisotopic (exact) mass is 358 g/mol. The summed E-state index contributed by atoms with van der Waals surface area (Å²) in [6.45, 7) is 5.41. The van der Waals surface area contributed by atoms with Crippen LogP contribution >= 0.6 is 0 Å². The van der Waals surface area contributed by atoms with E-state index >= 15 is 0 Å². The Morgan fingerprint density at radius 2 is 2.00 bits per heavy atom. The Morgan fingerprint density at radius 1 is 1.27 bits per heavy atom. The zero-order valence-corrected chi connectivity index (χ0v) is 15.2. The number of rotatable bonds is 4. The number of amides is 1. The number of hydrogen-bond acceptors (Lipinski definition) is 5. The van der Waals surface area contributed by atoms with Crippen LogP contribution in [0.2, 0.25) is 0 Å². The van der Waals surface area contributed by atoms with E-state index in [0.717, 1.165) is 36.9 Å². The van der Waals surface area contributed by atoms with Crippen LogP contribution in [0.4, 0.5) is 0 Å². The number of morpholine rings is 1. The van der Waals surface area contributed by atoms with Crippen LogP contribution in [0.25, 0.3) is 11.0 Å². The number of furan rings is 1. The molecule has 2 fully saturated rings. The van der Waals surface area contributed by atoms with E-state index in [-0.39, 0.29) is 17.7 Å². The number of phenolic OH excluding ortho intramolecular Hbond substituents is 1. The van der Waals surface area contributed by atoms with Gasteiger partial charge in [-0.05, 0) is 31.9 Å². The van der Waals surface area contributed by atoms with Crippen LogP contribution in [0.1, 0.15) is 47.4 Å². The van der Waals surface area contributed by atoms with Gasteiger partial charge in [-0.15, -0.1) is 0 Å². The summed E-state index contributed by atoms with van der Waals surface area (Å²) >= 11 is 0. The number of benzene rings is 1. The van der Waals surface area contributed by atoms with E-state index in [1.165, 1.54) is 12.8 Å². The number of nitrogens with one attached hydrogen (secondary N) is 1. The first-order chi connectivity index (χ1) is 12.6. The molecule has 2 aliphatic rings. The fourth-order valence-electron chi connectivity index (χ4n) is 4.11. The number of aromatic hydroxyl groups is 1. The highest BCUT2D eigenvalue weighted by atomic mass is 16.5. The first kappa shape index (κ1) is 17.4. The van der Waals surface area contributed by atoms with Crippen molar-refractivity contribution in [2.45, 2.75) is 45.2 Å². The van der Waals surface area contributed by atoms with Gasteiger partial charge in [0.15, 0.2) is 0 Å². The van der Waals surface area contributed by atoms with Gasteiger partial charge in [0.25, 0.3) is 5.91 Å². The van der Waals surface area contributed by atoms with Crippen LogP contribution in [-0.4, -0.2) is 48.3 Å². The minimum atomic E-state index is -0.0954. The number of ether oxygens (including phenoxy) is 1. The second-order valence-electron chi connectivity index (χ2n) is 7.31. The van der Waals surface area contributed by atoms with E-state index in [4.69, 9.17) is 9.15 Å². The molecule has 0 radical (unpaired) electrons. The quantitative estimate of drug-likeness (QED) is 0.879. The normalized spacial score (nSPS) is 19.3. The number of carbonyl (C=O) groups excluding carboxylic acids is 1. The Hall–Kier alpha value is -2.05. The van der Waals surface area contributed by atoms with E-state index < -0.39 is 0 Å². The highest BCUT2D eigenvalue weighted by Gasteiger charge is 2.26. The number of hydrogen-bond donors (Lipinski definition) is 2. The molecule has 0 atom stereocenters. The molecule has 2 heterocycles. The van der Waals surface area contributed by atoms with E-state index in [2.05, 4.69) is 10.2 Å². The lowest BCUT2D eigenvalue weighted by atomic mass is 10.0. The Balaban J connectivity index is 1.70. The van der Waals surface area contributed by atoms with Gasteiger partial charge < -0.3 is 19.6 Å². The van der Waals surface area contributed by atoms with Gasteiger partial charge in [0.05, 0.1) is 18.8 Å². The summed E-state index contributed by atoms with van der Waals surface area (Å²) in [4.78, 5) is 15.2. The molecule has 6 heteroatoms. The van der Waals surface area contributed by atoms with Gasteiger partial charge in [-0.25, -0.2) is 0 Å². The zero-order valence-electron chi connectivity index (χ0n) is 15.2. The fraction of sp³-hybridized carbons (Fsp3) is 0.550. The lowest BCUT2D eigenvalue weighted by molar-refractivity contribution is 0.0340. The molecule has 0 spiro atoms. The summed E-state index contributed by atoms with van der Waals surface area (Å²) in [5.74, 6) is 0.714. The average Bonchev–Trinajstić information content (AvgIpc) is 3.25. The fourth-order valence-corrected chi connectivity index (χ4v) is 4.11. The molecule has 1 amide bonds. The standard InChI is InChI=1S/C20H26N2O4/c1-13-18(20(24)21-14-4-2-3-5-14)19-15(12-22-8-10-25-11-9-22)16(23)6-7-17(19)26-13/h6-7,14,23H,2-5,8-12H2,1H3,(H,21,24). The van der Waals surface area contributed by atoms with Crippen molar-refractivity contribution in [1.29, 1.82) is 0 Å². The Kier molecular flexibility index (Phi) is 4.87. The van der Waals surface area contributed by atoms with Crippen LogP contribution < -0.4 is 5.32 Å². The summed E-state index contributed by atoms with van der Waals surface area (Å²) in [6.07, 6.45) is 4.40. The van der Waals surface area contributed by atoms with Crippen molar-refractivity contribution < 1.29 is 19.1 Å². The number of nitrogens with zero attached hydrogens (tertiary/aromatic N) is 1. The van der Waals surface area contributed by atoms with E-state index in [1.54, 1.807) is 12.1 Å². The Labute approximate surface area is 153 Å². The van der Waals surface area contributed by atoms with Gasteiger partial charge in [-0.1, -0.05) is 12.8 Å². The summed E-state index contributed by atoms with van der Waals surface area (Å²) < 4.78 is 11.3. The number of fused-ring (bicyclic) bond motifs is 1. The molecule has 1 saturated heterocycles. The second kappa shape index (κ2) is 7.29. The molecule has 4 rings (SSSR count). The molecular weight excluding hydrogens is 332 g/mol. The average molecular weight is 358 g/mol. The zero-order chi connectivity index (χ0) is 18.1. The van der Waals surface area contributed by atoms with E-state index in [1.807, 2.05) is 6.92 Å². The first-order valence-electron chi connectivity index (χ1n) is 9.48. The van der Waals surface area contributed by atoms with Crippen LogP contribution in [0, 0.1) is 6.92 Å². The van der Waals surface area contributed by atoms with Crippen molar-refractivity contribution in [3.63, 3.8) is 0 Å². The molecule has 1 aromatic heterocycles. The van der Waals surface area contributed by atoms with Gasteiger partial charge in [-0.2, -0.15) is 0 Å². The minimum Gasteiger partial charge on any atom is -0.508 e. The van der Waals surface area contributed by atoms with Gasteiger partial charge in [0.2, 0.25) is 0 Å². The molecule has 6 nitrogen and oxygen atoms in total. The van der Waals surface area contributed by atoms with Crippen LogP contribution in [0.15, 0.2) is 16.5 Å². The third-order valence-electron chi connectivity index (χ3n) is 5.52. The minimum absolute atomic E-state index is 0.0954. The Bertz CT molecular complexity index is 802. The lowest BCUT2D eigenvalue weighted by Gasteiger charge is -2.27. The predicted molar refractivity (Wildman–Crippen MR) is 98.4 cm³/mol. The smallest absolute Gasteiger partial charge is 0.255 e. The van der Waals surface area contributed by atoms with Gasteiger partial charge in [0.1, 0.15) is 17.1 Å². The van der Waals surface area contributed by atoms with Crippen molar-refractivity contribution in [1.82, 2.24) is 10.2 Å². The summed E-state index contributed by atoms with van der Waals surface area (Å²) in [6, 6.07) is 3.64. The maximum absolute atomic E-state index is 13.0. The van der Waals surface area contributed by atoms with Crippen molar-refractivity contribution in [2.75, 3.05) is 26.3 Å². The Morgan fingerprint density at radius 3 is 2.73 bits per heavy atom. The first-order valence-corrected chi connectivity index (χ1v) is 9.48. The van der Waals surface area contributed by atoms with E-state index in [9.17, 15) is 9.90 Å². The molecular formula is C20H26N2O4. The third-order valence-corrected chi connectivity index (χ3v) is 5.52. The maximum atomic E-state index is 13.0. The summed E-state index contributed by atoms with van der Waals surface area (Å²) in [5.41, 5.74) is 1.98. The van der Waals surface area contributed by atoms with Crippen LogP contribution in [0.5, 0.6) is 5.75 Å². The molecule has 1 aliphatic carbocycles. The van der Waals surface area contributed by atoms with Gasteiger partial charge in [-0.3, -0.25) is 9.69 Å². The summed E-state index contributed by atoms with van der Waals surface area (Å²) in [5, 5.41) is 14.4. The maximum Gasteiger partial charge on any atom is 0.255 e. The lowest BCUT2D eigenvalue weighted by Crippen LogP contribution is -2.36. The summed E-state index contributed by atoms with van der Waals surface area (Å²) in [7, 11) is 0. The predicted octanol–water partition coefficient (Wildman–Crippen LogP) is 2.95. The largest absolute Gasteiger partial charge is 0.508 e. The molecule has 1 aliphatic heterocycles. The topological polar surface area (TPSA) is 74.9 Å². The second-order valence-corrected chi connectivity index (χ2v) is 7.31. The molecule has 1 aromatic carbocycles. The number of phenols is 1. The molecule has 2 aromatic rings. The SMILES string of the molecule is Cc1oc2ccc(O)c(CN3CCOCC3)c2c1C(=O)NC1CCCC1. The molecule has 26 heavy (non-hydrogen) atoms. The number of carbonyl (C=O) groups is 1. The molecule has 0 unspecified atom stereocenters. The molecule has 2 N–H and O–H groups in total. The number of aryl methyl sites for hydroxylation is 1. The van der Waals surface area contributed by atoms with Crippen molar-refractivity contribution in [3.05, 3.63) is 29.0 Å². The molecule has 1 saturated carbocycles. The van der Waals surface area contributed by atoms with Crippen molar-refractivity contribution in [3.8, 4) is 5.75 Å². The third kappa shape index (κ3) is 3.31. The van der Waals surface area contributed by atoms with Gasteiger partial charge >= 0.3 is 0 Å². The van der Waals surface area contributed by atoms with Crippen molar-refractivity contribution >= 4 is 16.9 Å².